The molecular formula is C13H14BrNO2. The first-order chi connectivity index (χ1) is 8.20. The van der Waals surface area contributed by atoms with Crippen molar-refractivity contribution in [3.05, 3.63) is 34.4 Å². The molecule has 0 aliphatic carbocycles. The number of hydrogen-bond acceptors (Lipinski definition) is 2. The van der Waals surface area contributed by atoms with Crippen molar-refractivity contribution in [3.8, 4) is 0 Å². The van der Waals surface area contributed by atoms with Crippen LogP contribution in [0.4, 0.5) is 0 Å². The third-order valence-corrected chi connectivity index (χ3v) is 3.50. The lowest BCUT2D eigenvalue weighted by Crippen LogP contribution is -2.12. The number of carbonyl (C=O) groups is 1. The van der Waals surface area contributed by atoms with Crippen LogP contribution in [0.3, 0.4) is 0 Å². The molecule has 1 heterocycles. The third-order valence-electron chi connectivity index (χ3n) is 2.69. The third kappa shape index (κ3) is 1.97. The fourth-order valence-corrected chi connectivity index (χ4v) is 2.70. The molecule has 0 saturated carbocycles. The lowest BCUT2D eigenvalue weighted by atomic mass is 10.2. The van der Waals surface area contributed by atoms with Crippen molar-refractivity contribution < 1.29 is 9.53 Å². The molecule has 1 aromatic heterocycles. The number of nitrogens with zero attached hydrogens (tertiary/aromatic N) is 1. The van der Waals surface area contributed by atoms with Gasteiger partial charge >= 0.3 is 5.97 Å². The van der Waals surface area contributed by atoms with Crippen LogP contribution in [0.2, 0.25) is 0 Å². The van der Waals surface area contributed by atoms with Gasteiger partial charge in [0.15, 0.2) is 0 Å². The Kier molecular flexibility index (Phi) is 3.52. The molecule has 0 N–H and O–H groups in total. The minimum absolute atomic E-state index is 0.280. The minimum Gasteiger partial charge on any atom is -0.461 e. The number of carbonyl (C=O) groups excluding carboxylic acids is 1. The van der Waals surface area contributed by atoms with E-state index in [9.17, 15) is 4.79 Å². The summed E-state index contributed by atoms with van der Waals surface area (Å²) in [6.07, 6.45) is 0. The van der Waals surface area contributed by atoms with E-state index in [4.69, 9.17) is 4.74 Å². The van der Waals surface area contributed by atoms with Gasteiger partial charge in [0.2, 0.25) is 0 Å². The molecule has 0 aliphatic heterocycles. The van der Waals surface area contributed by atoms with E-state index in [0.717, 1.165) is 21.9 Å². The van der Waals surface area contributed by atoms with E-state index < -0.39 is 0 Å². The Balaban J connectivity index is 2.69. The molecule has 0 amide bonds. The van der Waals surface area contributed by atoms with Gasteiger partial charge in [0, 0.05) is 17.4 Å². The van der Waals surface area contributed by atoms with Crippen LogP contribution in [0.25, 0.3) is 10.9 Å². The molecule has 90 valence electrons. The summed E-state index contributed by atoms with van der Waals surface area (Å²) in [5.41, 5.74) is 1.64. The lowest BCUT2D eigenvalue weighted by molar-refractivity contribution is 0.0513. The first-order valence-electron chi connectivity index (χ1n) is 5.64. The van der Waals surface area contributed by atoms with Crippen LogP contribution in [-0.4, -0.2) is 17.1 Å². The standard InChI is InChI=1S/C13H14BrNO2/c1-3-15-10-8-6-5-7-9(10)11(14)12(15)13(16)17-4-2/h5-8H,3-4H2,1-2H3. The number of ether oxygens (including phenoxy) is 1. The zero-order valence-corrected chi connectivity index (χ0v) is 11.5. The summed E-state index contributed by atoms with van der Waals surface area (Å²) in [4.78, 5) is 11.9. The Bertz CT molecular complexity index is 560. The average Bonchev–Trinajstić information content (AvgIpc) is 2.63. The van der Waals surface area contributed by atoms with Crippen molar-refractivity contribution in [3.63, 3.8) is 0 Å². The van der Waals surface area contributed by atoms with Gasteiger partial charge in [-0.15, -0.1) is 0 Å². The zero-order chi connectivity index (χ0) is 12.4. The van der Waals surface area contributed by atoms with Gasteiger partial charge in [0.1, 0.15) is 5.69 Å². The topological polar surface area (TPSA) is 31.2 Å². The maximum Gasteiger partial charge on any atom is 0.356 e. The highest BCUT2D eigenvalue weighted by molar-refractivity contribution is 9.10. The van der Waals surface area contributed by atoms with Gasteiger partial charge in [-0.2, -0.15) is 0 Å². The second-order valence-electron chi connectivity index (χ2n) is 3.64. The normalized spacial score (nSPS) is 10.8. The quantitative estimate of drug-likeness (QED) is 0.810. The van der Waals surface area contributed by atoms with Gasteiger partial charge in [-0.1, -0.05) is 18.2 Å². The van der Waals surface area contributed by atoms with E-state index in [1.165, 1.54) is 0 Å². The molecular weight excluding hydrogens is 282 g/mol. The van der Waals surface area contributed by atoms with Crippen LogP contribution >= 0.6 is 15.9 Å². The first-order valence-corrected chi connectivity index (χ1v) is 6.43. The lowest BCUT2D eigenvalue weighted by Gasteiger charge is -2.07. The highest BCUT2D eigenvalue weighted by atomic mass is 79.9. The molecule has 2 rings (SSSR count). The predicted molar refractivity (Wildman–Crippen MR) is 71.3 cm³/mol. The maximum atomic E-state index is 11.9. The Morgan fingerprint density at radius 1 is 1.35 bits per heavy atom. The predicted octanol–water partition coefficient (Wildman–Crippen LogP) is 3.60. The molecule has 0 spiro atoms. The largest absolute Gasteiger partial charge is 0.461 e. The van der Waals surface area contributed by atoms with Gasteiger partial charge in [0.25, 0.3) is 0 Å². The molecule has 1 aromatic carbocycles. The molecule has 0 unspecified atom stereocenters. The van der Waals surface area contributed by atoms with E-state index in [0.29, 0.717) is 12.3 Å². The average molecular weight is 296 g/mol. The Morgan fingerprint density at radius 2 is 2.06 bits per heavy atom. The Hall–Kier alpha value is -1.29. The van der Waals surface area contributed by atoms with E-state index in [-0.39, 0.29) is 5.97 Å². The molecule has 0 bridgehead atoms. The van der Waals surface area contributed by atoms with Crippen LogP contribution in [0.15, 0.2) is 28.7 Å². The van der Waals surface area contributed by atoms with Gasteiger partial charge < -0.3 is 9.30 Å². The fraction of sp³-hybridized carbons (Fsp3) is 0.308. The van der Waals surface area contributed by atoms with Crippen LogP contribution in [-0.2, 0) is 11.3 Å². The second kappa shape index (κ2) is 4.92. The zero-order valence-electron chi connectivity index (χ0n) is 9.87. The van der Waals surface area contributed by atoms with E-state index in [1.807, 2.05) is 42.7 Å². The molecule has 0 saturated heterocycles. The number of para-hydroxylation sites is 1. The highest BCUT2D eigenvalue weighted by Crippen LogP contribution is 2.31. The SMILES string of the molecule is CCOC(=O)c1c(Br)c2ccccc2n1CC. The molecule has 0 atom stereocenters. The number of fused-ring (bicyclic) bond motifs is 1. The van der Waals surface area contributed by atoms with Gasteiger partial charge in [-0.05, 0) is 35.8 Å². The van der Waals surface area contributed by atoms with Gasteiger partial charge in [0.05, 0.1) is 11.1 Å². The summed E-state index contributed by atoms with van der Waals surface area (Å²) in [6, 6.07) is 7.93. The monoisotopic (exact) mass is 295 g/mol. The summed E-state index contributed by atoms with van der Waals surface area (Å²) in [7, 11) is 0. The molecule has 17 heavy (non-hydrogen) atoms. The van der Waals surface area contributed by atoms with E-state index in [1.54, 1.807) is 0 Å². The summed E-state index contributed by atoms with van der Waals surface area (Å²) < 4.78 is 7.87. The smallest absolute Gasteiger partial charge is 0.356 e. The summed E-state index contributed by atoms with van der Waals surface area (Å²) in [6.45, 7) is 4.95. The molecule has 2 aromatic rings. The minimum atomic E-state index is -0.280. The Labute approximate surface area is 108 Å². The van der Waals surface area contributed by atoms with E-state index in [2.05, 4.69) is 15.9 Å². The molecule has 0 radical (unpaired) electrons. The molecule has 3 nitrogen and oxygen atoms in total. The van der Waals surface area contributed by atoms with Crippen LogP contribution in [0.1, 0.15) is 24.3 Å². The van der Waals surface area contributed by atoms with Crippen LogP contribution in [0, 0.1) is 0 Å². The van der Waals surface area contributed by atoms with E-state index >= 15 is 0 Å². The van der Waals surface area contributed by atoms with Crippen molar-refractivity contribution in [1.82, 2.24) is 4.57 Å². The van der Waals surface area contributed by atoms with Crippen molar-refractivity contribution in [1.29, 1.82) is 0 Å². The molecule has 0 fully saturated rings. The van der Waals surface area contributed by atoms with Crippen molar-refractivity contribution in [2.45, 2.75) is 20.4 Å². The number of halogens is 1. The number of rotatable bonds is 3. The summed E-state index contributed by atoms with van der Waals surface area (Å²) in [5.74, 6) is -0.280. The first kappa shape index (κ1) is 12.2. The molecule has 0 aliphatic rings. The summed E-state index contributed by atoms with van der Waals surface area (Å²) >= 11 is 3.49. The maximum absolute atomic E-state index is 11.9. The van der Waals surface area contributed by atoms with Crippen molar-refractivity contribution >= 4 is 32.8 Å². The van der Waals surface area contributed by atoms with Crippen LogP contribution in [0.5, 0.6) is 0 Å². The number of esters is 1. The summed E-state index contributed by atoms with van der Waals surface area (Å²) in [5, 5.41) is 1.04. The van der Waals surface area contributed by atoms with Gasteiger partial charge in [-0.25, -0.2) is 4.79 Å². The highest BCUT2D eigenvalue weighted by Gasteiger charge is 2.21. The number of aromatic nitrogens is 1. The van der Waals surface area contributed by atoms with Gasteiger partial charge in [-0.3, -0.25) is 0 Å². The molecule has 4 heteroatoms. The number of hydrogen-bond donors (Lipinski definition) is 0. The van der Waals surface area contributed by atoms with Crippen LogP contribution < -0.4 is 0 Å². The fourth-order valence-electron chi connectivity index (χ4n) is 1.99. The number of aryl methyl sites for hydroxylation is 1. The van der Waals surface area contributed by atoms with Crippen molar-refractivity contribution in [2.24, 2.45) is 0 Å². The Morgan fingerprint density at radius 3 is 2.71 bits per heavy atom. The number of benzene rings is 1. The van der Waals surface area contributed by atoms with Crippen molar-refractivity contribution in [2.75, 3.05) is 6.61 Å². The second-order valence-corrected chi connectivity index (χ2v) is 4.44.